The number of carbonyl (C=O) groups is 2. The number of ether oxygens (including phenoxy) is 1. The maximum absolute atomic E-state index is 12.4. The molecule has 0 spiro atoms. The Labute approximate surface area is 149 Å². The summed E-state index contributed by atoms with van der Waals surface area (Å²) in [5.74, 6) is 0.140. The molecule has 3 aromatic rings. The van der Waals surface area contributed by atoms with E-state index in [2.05, 4.69) is 0 Å². The van der Waals surface area contributed by atoms with Crippen LogP contribution in [-0.4, -0.2) is 22.9 Å². The number of rotatable bonds is 6. The van der Waals surface area contributed by atoms with Crippen LogP contribution in [0.4, 0.5) is 0 Å². The molecule has 0 aromatic carbocycles. The van der Waals surface area contributed by atoms with Crippen molar-refractivity contribution in [2.45, 2.75) is 27.3 Å². The first kappa shape index (κ1) is 17.2. The van der Waals surface area contributed by atoms with Gasteiger partial charge in [-0.15, -0.1) is 11.3 Å². The maximum atomic E-state index is 12.4. The molecule has 3 heterocycles. The zero-order valence-corrected chi connectivity index (χ0v) is 15.2. The summed E-state index contributed by atoms with van der Waals surface area (Å²) in [7, 11) is 0. The van der Waals surface area contributed by atoms with Crippen LogP contribution in [0.15, 0.2) is 41.0 Å². The van der Waals surface area contributed by atoms with E-state index in [-0.39, 0.29) is 12.4 Å². The van der Waals surface area contributed by atoms with Crippen molar-refractivity contribution in [2.24, 2.45) is 0 Å². The molecular formula is C19H19NO4S. The minimum absolute atomic E-state index is 0.184. The second kappa shape index (κ2) is 7.11. The van der Waals surface area contributed by atoms with Gasteiger partial charge in [-0.3, -0.25) is 4.79 Å². The van der Waals surface area contributed by atoms with Gasteiger partial charge in [0.25, 0.3) is 0 Å². The highest BCUT2D eigenvalue weighted by atomic mass is 32.1. The zero-order chi connectivity index (χ0) is 18.0. The van der Waals surface area contributed by atoms with Gasteiger partial charge in [0.1, 0.15) is 5.76 Å². The van der Waals surface area contributed by atoms with Gasteiger partial charge in [0, 0.05) is 16.3 Å². The molecule has 0 bridgehead atoms. The first-order valence-corrected chi connectivity index (χ1v) is 8.73. The number of thiophene rings is 1. The van der Waals surface area contributed by atoms with Gasteiger partial charge < -0.3 is 13.7 Å². The molecule has 3 rings (SSSR count). The van der Waals surface area contributed by atoms with Gasteiger partial charge in [-0.05, 0) is 51.1 Å². The Morgan fingerprint density at radius 3 is 2.64 bits per heavy atom. The number of esters is 1. The predicted octanol–water partition coefficient (Wildman–Crippen LogP) is 4.16. The Kier molecular flexibility index (Phi) is 4.90. The van der Waals surface area contributed by atoms with Gasteiger partial charge in [0.15, 0.2) is 6.61 Å². The van der Waals surface area contributed by atoms with Crippen LogP contribution < -0.4 is 0 Å². The lowest BCUT2D eigenvalue weighted by molar-refractivity contribution is 0.0475. The zero-order valence-electron chi connectivity index (χ0n) is 14.4. The molecule has 0 atom stereocenters. The maximum Gasteiger partial charge on any atom is 0.340 e. The van der Waals surface area contributed by atoms with Crippen LogP contribution >= 0.6 is 11.3 Å². The highest BCUT2D eigenvalue weighted by molar-refractivity contribution is 7.14. The largest absolute Gasteiger partial charge is 0.467 e. The number of furan rings is 1. The topological polar surface area (TPSA) is 61.4 Å². The molecular weight excluding hydrogens is 338 g/mol. The van der Waals surface area contributed by atoms with Gasteiger partial charge in [-0.1, -0.05) is 0 Å². The van der Waals surface area contributed by atoms with E-state index in [1.165, 1.54) is 11.3 Å². The summed E-state index contributed by atoms with van der Waals surface area (Å²) in [5.41, 5.74) is 2.19. The standard InChI is InChI=1S/C19H19NO4S/c1-12-9-16(14(3)20(12)10-15-5-4-8-23-15)19(22)24-11-17(21)18-7-6-13(2)25-18/h4-9H,10-11H2,1-3H3. The second-order valence-electron chi connectivity index (χ2n) is 5.86. The molecule has 0 aliphatic carbocycles. The van der Waals surface area contributed by atoms with Gasteiger partial charge in [-0.25, -0.2) is 4.79 Å². The number of aryl methyl sites for hydroxylation is 2. The number of nitrogens with zero attached hydrogens (tertiary/aromatic N) is 1. The molecule has 6 heteroatoms. The smallest absolute Gasteiger partial charge is 0.340 e. The SMILES string of the molecule is Cc1ccc(C(=O)COC(=O)c2cc(C)n(Cc3ccco3)c2C)s1. The first-order valence-electron chi connectivity index (χ1n) is 7.91. The highest BCUT2D eigenvalue weighted by Gasteiger charge is 2.19. The second-order valence-corrected chi connectivity index (χ2v) is 7.15. The summed E-state index contributed by atoms with van der Waals surface area (Å²) in [6.45, 7) is 6.01. The molecule has 130 valence electrons. The number of aromatic nitrogens is 1. The third-order valence-electron chi connectivity index (χ3n) is 4.04. The molecule has 3 aromatic heterocycles. The van der Waals surface area contributed by atoms with E-state index in [9.17, 15) is 9.59 Å². The molecule has 0 saturated heterocycles. The number of hydrogen-bond donors (Lipinski definition) is 0. The third kappa shape index (κ3) is 3.74. The fourth-order valence-corrected chi connectivity index (χ4v) is 3.47. The van der Waals surface area contributed by atoms with Crippen molar-refractivity contribution in [3.63, 3.8) is 0 Å². The number of hydrogen-bond acceptors (Lipinski definition) is 5. The van der Waals surface area contributed by atoms with Gasteiger partial charge in [0.05, 0.1) is 23.2 Å². The van der Waals surface area contributed by atoms with Gasteiger partial charge in [-0.2, -0.15) is 0 Å². The van der Waals surface area contributed by atoms with Crippen molar-refractivity contribution in [3.8, 4) is 0 Å². The molecule has 0 N–H and O–H groups in total. The molecule has 0 fully saturated rings. The Morgan fingerprint density at radius 1 is 1.20 bits per heavy atom. The lowest BCUT2D eigenvalue weighted by Gasteiger charge is -2.08. The number of carbonyl (C=O) groups excluding carboxylic acids is 2. The minimum Gasteiger partial charge on any atom is -0.467 e. The van der Waals surface area contributed by atoms with E-state index in [0.717, 1.165) is 22.0 Å². The van der Waals surface area contributed by atoms with Crippen LogP contribution in [0.1, 0.15) is 42.1 Å². The summed E-state index contributed by atoms with van der Waals surface area (Å²) < 4.78 is 12.6. The third-order valence-corrected chi connectivity index (χ3v) is 5.08. The molecule has 0 aliphatic rings. The Morgan fingerprint density at radius 2 is 2.00 bits per heavy atom. The van der Waals surface area contributed by atoms with Crippen molar-refractivity contribution in [1.82, 2.24) is 4.57 Å². The number of Topliss-reactive ketones (excluding diaryl/α,β-unsaturated/α-hetero) is 1. The average molecular weight is 357 g/mol. The van der Waals surface area contributed by atoms with Crippen molar-refractivity contribution in [2.75, 3.05) is 6.61 Å². The quantitative estimate of drug-likeness (QED) is 0.491. The normalized spacial score (nSPS) is 10.8. The van der Waals surface area contributed by atoms with Crippen molar-refractivity contribution in [1.29, 1.82) is 0 Å². The lowest BCUT2D eigenvalue weighted by atomic mass is 10.2. The molecule has 0 unspecified atom stereocenters. The summed E-state index contributed by atoms with van der Waals surface area (Å²) in [5, 5.41) is 0. The summed E-state index contributed by atoms with van der Waals surface area (Å²) in [6.07, 6.45) is 1.62. The summed E-state index contributed by atoms with van der Waals surface area (Å²) >= 11 is 1.40. The average Bonchev–Trinajstić information content (AvgIpc) is 3.30. The molecule has 0 aliphatic heterocycles. The Balaban J connectivity index is 1.69. The Hall–Kier alpha value is -2.60. The highest BCUT2D eigenvalue weighted by Crippen LogP contribution is 2.19. The van der Waals surface area contributed by atoms with E-state index in [0.29, 0.717) is 17.0 Å². The Bertz CT molecular complexity index is 902. The molecule has 0 amide bonds. The summed E-state index contributed by atoms with van der Waals surface area (Å²) in [4.78, 5) is 26.1. The fourth-order valence-electron chi connectivity index (χ4n) is 2.67. The van der Waals surface area contributed by atoms with Crippen molar-refractivity contribution < 1.29 is 18.7 Å². The van der Waals surface area contributed by atoms with Crippen LogP contribution in [0.5, 0.6) is 0 Å². The number of ketones is 1. The summed E-state index contributed by atoms with van der Waals surface area (Å²) in [6, 6.07) is 9.13. The van der Waals surface area contributed by atoms with Gasteiger partial charge >= 0.3 is 5.97 Å². The molecule has 25 heavy (non-hydrogen) atoms. The van der Waals surface area contributed by atoms with Gasteiger partial charge in [0.2, 0.25) is 5.78 Å². The fraction of sp³-hybridized carbons (Fsp3) is 0.263. The van der Waals surface area contributed by atoms with Crippen LogP contribution in [0, 0.1) is 20.8 Å². The molecule has 0 saturated carbocycles. The minimum atomic E-state index is -0.486. The van der Waals surface area contributed by atoms with E-state index >= 15 is 0 Å². The molecule has 5 nitrogen and oxygen atoms in total. The van der Waals surface area contributed by atoms with E-state index in [1.807, 2.05) is 43.5 Å². The van der Waals surface area contributed by atoms with E-state index in [4.69, 9.17) is 9.15 Å². The van der Waals surface area contributed by atoms with E-state index in [1.54, 1.807) is 18.4 Å². The van der Waals surface area contributed by atoms with Crippen LogP contribution in [0.3, 0.4) is 0 Å². The lowest BCUT2D eigenvalue weighted by Crippen LogP contribution is -2.14. The van der Waals surface area contributed by atoms with E-state index < -0.39 is 5.97 Å². The van der Waals surface area contributed by atoms with Crippen LogP contribution in [0.25, 0.3) is 0 Å². The predicted molar refractivity (Wildman–Crippen MR) is 95.4 cm³/mol. The molecule has 0 radical (unpaired) electrons. The van der Waals surface area contributed by atoms with Crippen LogP contribution in [-0.2, 0) is 11.3 Å². The monoisotopic (exact) mass is 357 g/mol. The van der Waals surface area contributed by atoms with Crippen LogP contribution in [0.2, 0.25) is 0 Å². The first-order chi connectivity index (χ1) is 12.0. The van der Waals surface area contributed by atoms with Crippen molar-refractivity contribution in [3.05, 3.63) is 69.1 Å². The van der Waals surface area contributed by atoms with Crippen molar-refractivity contribution >= 4 is 23.1 Å².